The van der Waals surface area contributed by atoms with E-state index in [-0.39, 0.29) is 6.10 Å². The first-order valence-electron chi connectivity index (χ1n) is 6.57. The molecule has 0 aromatic heterocycles. The maximum Gasteiger partial charge on any atom is 0.127 e. The molecule has 2 aliphatic rings. The molecule has 3 nitrogen and oxygen atoms in total. The number of benzene rings is 1. The fourth-order valence-corrected chi connectivity index (χ4v) is 3.33. The lowest BCUT2D eigenvalue weighted by Crippen LogP contribution is -2.35. The van der Waals surface area contributed by atoms with Crippen LogP contribution in [0.2, 0.25) is 0 Å². The van der Waals surface area contributed by atoms with Crippen molar-refractivity contribution in [3.8, 4) is 5.75 Å². The Balaban J connectivity index is 1.76. The Kier molecular flexibility index (Phi) is 3.59. The van der Waals surface area contributed by atoms with Crippen molar-refractivity contribution >= 4 is 15.9 Å². The summed E-state index contributed by atoms with van der Waals surface area (Å²) in [4.78, 5) is 2.40. The van der Waals surface area contributed by atoms with Gasteiger partial charge in [0.25, 0.3) is 0 Å². The molecule has 1 fully saturated rings. The Morgan fingerprint density at radius 3 is 2.89 bits per heavy atom. The molecule has 18 heavy (non-hydrogen) atoms. The molecule has 3 rings (SSSR count). The number of fused-ring (bicyclic) bond motifs is 1. The Morgan fingerprint density at radius 1 is 1.33 bits per heavy atom. The monoisotopic (exact) mass is 311 g/mol. The lowest BCUT2D eigenvalue weighted by atomic mass is 10.0. The van der Waals surface area contributed by atoms with Gasteiger partial charge in [-0.1, -0.05) is 15.9 Å². The number of nitrogens with zero attached hydrogens (tertiary/aromatic N) is 1. The Hall–Kier alpha value is -0.580. The van der Waals surface area contributed by atoms with Crippen LogP contribution in [-0.4, -0.2) is 35.8 Å². The first-order valence-corrected chi connectivity index (χ1v) is 7.36. The van der Waals surface area contributed by atoms with E-state index in [2.05, 4.69) is 33.0 Å². The molecule has 4 heteroatoms. The molecule has 0 unspecified atom stereocenters. The quantitative estimate of drug-likeness (QED) is 0.910. The van der Waals surface area contributed by atoms with Crippen LogP contribution in [0.3, 0.4) is 0 Å². The fourth-order valence-electron chi connectivity index (χ4n) is 2.78. The zero-order valence-electron chi connectivity index (χ0n) is 10.4. The number of hydrogen-bond acceptors (Lipinski definition) is 3. The minimum absolute atomic E-state index is 0.106. The number of piperidine rings is 1. The maximum absolute atomic E-state index is 9.53. The molecule has 0 saturated carbocycles. The van der Waals surface area contributed by atoms with Gasteiger partial charge in [-0.05, 0) is 30.5 Å². The average molecular weight is 312 g/mol. The molecule has 1 saturated heterocycles. The second kappa shape index (κ2) is 5.19. The van der Waals surface area contributed by atoms with Crippen LogP contribution in [-0.2, 0) is 13.0 Å². The van der Waals surface area contributed by atoms with Crippen LogP contribution in [0.15, 0.2) is 16.6 Å². The van der Waals surface area contributed by atoms with Crippen LogP contribution in [0.4, 0.5) is 0 Å². The molecule has 2 heterocycles. The van der Waals surface area contributed by atoms with Crippen LogP contribution < -0.4 is 4.74 Å². The third-order valence-electron chi connectivity index (χ3n) is 3.78. The van der Waals surface area contributed by atoms with Crippen LogP contribution >= 0.6 is 15.9 Å². The standard InChI is InChI=1S/C14H18BrNO2/c15-12-7-10-3-6-18-14(10)11(8-12)9-16-4-1-13(17)2-5-16/h7-8,13,17H,1-6,9H2. The third-order valence-corrected chi connectivity index (χ3v) is 4.23. The molecular formula is C14H18BrNO2. The summed E-state index contributed by atoms with van der Waals surface area (Å²) in [5.74, 6) is 1.09. The molecule has 0 radical (unpaired) electrons. The van der Waals surface area contributed by atoms with Gasteiger partial charge in [-0.25, -0.2) is 0 Å². The number of halogens is 1. The number of hydrogen-bond donors (Lipinski definition) is 1. The fraction of sp³-hybridized carbons (Fsp3) is 0.571. The highest BCUT2D eigenvalue weighted by Crippen LogP contribution is 2.34. The van der Waals surface area contributed by atoms with Gasteiger partial charge in [0, 0.05) is 36.1 Å². The lowest BCUT2D eigenvalue weighted by molar-refractivity contribution is 0.0789. The molecular weight excluding hydrogens is 294 g/mol. The van der Waals surface area contributed by atoms with Gasteiger partial charge in [-0.15, -0.1) is 0 Å². The van der Waals surface area contributed by atoms with Gasteiger partial charge in [0.05, 0.1) is 12.7 Å². The molecule has 0 spiro atoms. The van der Waals surface area contributed by atoms with Crippen LogP contribution in [0, 0.1) is 0 Å². The highest BCUT2D eigenvalue weighted by Gasteiger charge is 2.21. The predicted molar refractivity (Wildman–Crippen MR) is 73.9 cm³/mol. The van der Waals surface area contributed by atoms with Crippen molar-refractivity contribution in [1.82, 2.24) is 4.90 Å². The average Bonchev–Trinajstić information content (AvgIpc) is 2.80. The van der Waals surface area contributed by atoms with E-state index < -0.39 is 0 Å². The zero-order valence-corrected chi connectivity index (χ0v) is 11.9. The number of likely N-dealkylation sites (tertiary alicyclic amines) is 1. The van der Waals surface area contributed by atoms with E-state index in [0.29, 0.717) is 0 Å². The van der Waals surface area contributed by atoms with Crippen molar-refractivity contribution in [3.63, 3.8) is 0 Å². The van der Waals surface area contributed by atoms with Crippen LogP contribution in [0.1, 0.15) is 24.0 Å². The van der Waals surface area contributed by atoms with Crippen molar-refractivity contribution in [3.05, 3.63) is 27.7 Å². The zero-order chi connectivity index (χ0) is 12.5. The highest BCUT2D eigenvalue weighted by atomic mass is 79.9. The van der Waals surface area contributed by atoms with Gasteiger partial charge in [-0.2, -0.15) is 0 Å². The van der Waals surface area contributed by atoms with Gasteiger partial charge < -0.3 is 9.84 Å². The topological polar surface area (TPSA) is 32.7 Å². The highest BCUT2D eigenvalue weighted by molar-refractivity contribution is 9.10. The second-order valence-corrected chi connectivity index (χ2v) is 6.07. The third kappa shape index (κ3) is 2.56. The summed E-state index contributed by atoms with van der Waals surface area (Å²) in [7, 11) is 0. The summed E-state index contributed by atoms with van der Waals surface area (Å²) in [5, 5.41) is 9.53. The lowest BCUT2D eigenvalue weighted by Gasteiger charge is -2.29. The molecule has 1 N–H and O–H groups in total. The molecule has 1 aromatic rings. The van der Waals surface area contributed by atoms with Crippen molar-refractivity contribution in [2.75, 3.05) is 19.7 Å². The Morgan fingerprint density at radius 2 is 2.11 bits per heavy atom. The van der Waals surface area contributed by atoms with E-state index in [9.17, 15) is 5.11 Å². The summed E-state index contributed by atoms with van der Waals surface area (Å²) >= 11 is 3.58. The number of aliphatic hydroxyl groups excluding tert-OH is 1. The number of rotatable bonds is 2. The van der Waals surface area contributed by atoms with Crippen molar-refractivity contribution < 1.29 is 9.84 Å². The molecule has 2 aliphatic heterocycles. The van der Waals surface area contributed by atoms with Crippen molar-refractivity contribution in [2.45, 2.75) is 31.9 Å². The Labute approximate surface area is 116 Å². The summed E-state index contributed by atoms with van der Waals surface area (Å²) in [6.45, 7) is 3.68. The van der Waals surface area contributed by atoms with Gasteiger partial charge in [0.15, 0.2) is 0 Å². The smallest absolute Gasteiger partial charge is 0.127 e. The summed E-state index contributed by atoms with van der Waals surface area (Å²) in [6, 6.07) is 4.32. The molecule has 1 aromatic carbocycles. The number of aliphatic hydroxyl groups is 1. The normalized spacial score (nSPS) is 20.8. The van der Waals surface area contributed by atoms with Gasteiger partial charge in [0.1, 0.15) is 5.75 Å². The van der Waals surface area contributed by atoms with E-state index >= 15 is 0 Å². The van der Waals surface area contributed by atoms with Gasteiger partial charge in [-0.3, -0.25) is 4.90 Å². The van der Waals surface area contributed by atoms with Crippen LogP contribution in [0.25, 0.3) is 0 Å². The van der Waals surface area contributed by atoms with E-state index in [1.54, 1.807) is 0 Å². The molecule has 0 amide bonds. The second-order valence-electron chi connectivity index (χ2n) is 5.16. The SMILES string of the molecule is OC1CCN(Cc2cc(Br)cc3c2OCC3)CC1. The largest absolute Gasteiger partial charge is 0.493 e. The summed E-state index contributed by atoms with van der Waals surface area (Å²) < 4.78 is 6.89. The summed E-state index contributed by atoms with van der Waals surface area (Å²) in [5.41, 5.74) is 2.59. The van der Waals surface area contributed by atoms with Gasteiger partial charge in [0.2, 0.25) is 0 Å². The first kappa shape index (κ1) is 12.5. The minimum Gasteiger partial charge on any atom is -0.493 e. The molecule has 0 aliphatic carbocycles. The predicted octanol–water partition coefficient (Wildman–Crippen LogP) is 2.34. The van der Waals surface area contributed by atoms with E-state index in [1.807, 2.05) is 0 Å². The number of ether oxygens (including phenoxy) is 1. The molecule has 0 bridgehead atoms. The molecule has 0 atom stereocenters. The van der Waals surface area contributed by atoms with Crippen molar-refractivity contribution in [1.29, 1.82) is 0 Å². The van der Waals surface area contributed by atoms with Crippen LogP contribution in [0.5, 0.6) is 5.75 Å². The van der Waals surface area contributed by atoms with E-state index in [1.165, 1.54) is 11.1 Å². The minimum atomic E-state index is -0.106. The van der Waals surface area contributed by atoms with Crippen molar-refractivity contribution in [2.24, 2.45) is 0 Å². The summed E-state index contributed by atoms with van der Waals surface area (Å²) in [6.07, 6.45) is 2.68. The maximum atomic E-state index is 9.53. The first-order chi connectivity index (χ1) is 8.72. The Bertz CT molecular complexity index is 442. The van der Waals surface area contributed by atoms with Gasteiger partial charge >= 0.3 is 0 Å². The van der Waals surface area contributed by atoms with E-state index in [0.717, 1.165) is 55.7 Å². The molecule has 98 valence electrons. The van der Waals surface area contributed by atoms with E-state index in [4.69, 9.17) is 4.74 Å².